The zero-order valence-electron chi connectivity index (χ0n) is 16.4. The fourth-order valence-corrected chi connectivity index (χ4v) is 6.18. The Balaban J connectivity index is 1.26. The number of sulfone groups is 1. The number of hydrogen-bond donors (Lipinski definition) is 2. The van der Waals surface area contributed by atoms with Crippen molar-refractivity contribution in [2.75, 3.05) is 29.6 Å². The lowest BCUT2D eigenvalue weighted by Crippen LogP contribution is -2.36. The molecule has 1 saturated carbocycles. The number of anilines is 3. The maximum Gasteiger partial charge on any atom is 0.229 e. The van der Waals surface area contributed by atoms with Crippen molar-refractivity contribution in [3.63, 3.8) is 0 Å². The molecule has 2 N–H and O–H groups in total. The van der Waals surface area contributed by atoms with Gasteiger partial charge in [0.1, 0.15) is 11.1 Å². The van der Waals surface area contributed by atoms with Gasteiger partial charge in [0, 0.05) is 19.2 Å². The van der Waals surface area contributed by atoms with Gasteiger partial charge < -0.3 is 20.1 Å². The van der Waals surface area contributed by atoms with E-state index in [1.165, 1.54) is 6.20 Å². The number of aryl methyl sites for hydroxylation is 1. The number of nitrogens with zero attached hydrogens (tertiary/aromatic N) is 4. The molecule has 2 aromatic heterocycles. The number of hydrogen-bond acceptors (Lipinski definition) is 9. The quantitative estimate of drug-likeness (QED) is 0.639. The van der Waals surface area contributed by atoms with E-state index in [9.17, 15) is 8.42 Å². The third kappa shape index (κ3) is 3.98. The van der Waals surface area contributed by atoms with Gasteiger partial charge >= 0.3 is 0 Å². The van der Waals surface area contributed by atoms with Crippen molar-refractivity contribution in [3.05, 3.63) is 23.6 Å². The van der Waals surface area contributed by atoms with Crippen molar-refractivity contribution in [2.45, 2.75) is 36.3 Å². The van der Waals surface area contributed by atoms with E-state index in [-0.39, 0.29) is 35.2 Å². The molecule has 3 aliphatic rings. The van der Waals surface area contributed by atoms with E-state index in [4.69, 9.17) is 21.1 Å². The summed E-state index contributed by atoms with van der Waals surface area (Å²) in [6.07, 6.45) is 6.05. The van der Waals surface area contributed by atoms with Crippen LogP contribution in [0.1, 0.15) is 12.8 Å². The molecule has 0 radical (unpaired) electrons. The van der Waals surface area contributed by atoms with Crippen LogP contribution in [0.2, 0.25) is 5.02 Å². The van der Waals surface area contributed by atoms with Crippen molar-refractivity contribution >= 4 is 38.9 Å². The molecule has 0 aromatic carbocycles. The molecule has 3 fully saturated rings. The Morgan fingerprint density at radius 1 is 1.23 bits per heavy atom. The third-order valence-corrected chi connectivity index (χ3v) is 8.32. The van der Waals surface area contributed by atoms with Gasteiger partial charge in [0.25, 0.3) is 0 Å². The summed E-state index contributed by atoms with van der Waals surface area (Å²) in [6, 6.07) is -0.178. The fraction of sp³-hybridized carbons (Fsp3) is 0.611. The van der Waals surface area contributed by atoms with Gasteiger partial charge in [-0.15, -0.1) is 0 Å². The summed E-state index contributed by atoms with van der Waals surface area (Å²) in [7, 11) is -1.24. The van der Waals surface area contributed by atoms with Gasteiger partial charge in [0.15, 0.2) is 15.7 Å². The largest absolute Gasteiger partial charge is 0.373 e. The minimum absolute atomic E-state index is 0.124. The molecular formula is C18H23ClN6O4S. The Hall–Kier alpha value is -1.95. The van der Waals surface area contributed by atoms with Crippen molar-refractivity contribution in [1.29, 1.82) is 0 Å². The van der Waals surface area contributed by atoms with Gasteiger partial charge in [-0.3, -0.25) is 4.68 Å². The van der Waals surface area contributed by atoms with Crippen LogP contribution in [-0.2, 0) is 26.4 Å². The maximum atomic E-state index is 12.4. The third-order valence-electron chi connectivity index (χ3n) is 5.66. The van der Waals surface area contributed by atoms with E-state index in [2.05, 4.69) is 25.7 Å². The molecule has 2 aromatic rings. The molecule has 0 bridgehead atoms. The zero-order valence-corrected chi connectivity index (χ0v) is 17.9. The Kier molecular flexibility index (Phi) is 5.08. The normalized spacial score (nSPS) is 28.5. The highest BCUT2D eigenvalue weighted by Gasteiger charge is 2.50. The number of rotatable bonds is 7. The van der Waals surface area contributed by atoms with Gasteiger partial charge in [-0.25, -0.2) is 13.4 Å². The van der Waals surface area contributed by atoms with Crippen molar-refractivity contribution in [3.8, 4) is 0 Å². The van der Waals surface area contributed by atoms with Crippen LogP contribution >= 0.6 is 11.6 Å². The van der Waals surface area contributed by atoms with Crippen LogP contribution in [0.3, 0.4) is 0 Å². The minimum atomic E-state index is -3.06. The van der Waals surface area contributed by atoms with Crippen molar-refractivity contribution in [1.82, 2.24) is 19.7 Å². The van der Waals surface area contributed by atoms with E-state index in [0.29, 0.717) is 30.0 Å². The summed E-state index contributed by atoms with van der Waals surface area (Å²) in [5.41, 5.74) is 0.758. The van der Waals surface area contributed by atoms with Crippen molar-refractivity contribution < 1.29 is 17.9 Å². The molecule has 4 heterocycles. The average Bonchev–Trinajstić information content (AvgIpc) is 3.24. The molecule has 0 amide bonds. The molecule has 12 heteroatoms. The van der Waals surface area contributed by atoms with E-state index in [1.54, 1.807) is 10.9 Å². The van der Waals surface area contributed by atoms with Gasteiger partial charge in [0.05, 0.1) is 54.4 Å². The second-order valence-corrected chi connectivity index (χ2v) is 10.8. The number of halogens is 1. The standard InChI is InChI=1S/C18H23ClN6O4S/c1-25-6-11(4-21-25)22-18-20-5-13(19)17(24-18)23-14-8-29-15-10(7-28-16(14)15)9-30(26,27)12-2-3-12/h4-6,10,12,14-16H,2-3,7-9H2,1H3,(H2,20,22,23,24)/t10-,14-,15?,16?/m1/s1. The predicted molar refractivity (Wildman–Crippen MR) is 111 cm³/mol. The Morgan fingerprint density at radius 2 is 2.03 bits per heavy atom. The summed E-state index contributed by atoms with van der Waals surface area (Å²) >= 11 is 6.29. The Labute approximate surface area is 179 Å². The van der Waals surface area contributed by atoms with E-state index >= 15 is 0 Å². The molecule has 2 saturated heterocycles. The SMILES string of the molecule is Cn1cc(Nc2ncc(Cl)c(N[C@@H]3COC4C3OC[C@@H]4CS(=O)(=O)C3CC3)n2)cn1. The summed E-state index contributed by atoms with van der Waals surface area (Å²) in [5, 5.41) is 10.7. The van der Waals surface area contributed by atoms with E-state index in [0.717, 1.165) is 18.5 Å². The monoisotopic (exact) mass is 454 g/mol. The maximum absolute atomic E-state index is 12.4. The molecule has 5 rings (SSSR count). The van der Waals surface area contributed by atoms with Crippen LogP contribution in [0.25, 0.3) is 0 Å². The predicted octanol–water partition coefficient (Wildman–Crippen LogP) is 1.38. The van der Waals surface area contributed by atoms with Gasteiger partial charge in [-0.2, -0.15) is 10.1 Å². The highest BCUT2D eigenvalue weighted by Crippen LogP contribution is 2.37. The summed E-state index contributed by atoms with van der Waals surface area (Å²) < 4.78 is 38.3. The second kappa shape index (κ2) is 7.63. The van der Waals surface area contributed by atoms with Crippen LogP contribution in [0, 0.1) is 5.92 Å². The molecular weight excluding hydrogens is 432 g/mol. The minimum Gasteiger partial charge on any atom is -0.373 e. The molecule has 1 aliphatic carbocycles. The molecule has 2 unspecified atom stereocenters. The first kappa shape index (κ1) is 20.0. The van der Waals surface area contributed by atoms with Crippen molar-refractivity contribution in [2.24, 2.45) is 13.0 Å². The average molecular weight is 455 g/mol. The molecule has 0 spiro atoms. The first-order valence-electron chi connectivity index (χ1n) is 9.88. The fourth-order valence-electron chi connectivity index (χ4n) is 4.03. The molecule has 30 heavy (non-hydrogen) atoms. The van der Waals surface area contributed by atoms with Crippen LogP contribution in [0.4, 0.5) is 17.5 Å². The number of nitrogens with one attached hydrogen (secondary N) is 2. The lowest BCUT2D eigenvalue weighted by Gasteiger charge is -2.19. The summed E-state index contributed by atoms with van der Waals surface area (Å²) in [6.45, 7) is 0.770. The molecule has 2 aliphatic heterocycles. The first-order valence-corrected chi connectivity index (χ1v) is 12.0. The van der Waals surface area contributed by atoms with Crippen LogP contribution < -0.4 is 10.6 Å². The molecule has 4 atom stereocenters. The van der Waals surface area contributed by atoms with Crippen LogP contribution in [0.15, 0.2) is 18.6 Å². The van der Waals surface area contributed by atoms with Crippen LogP contribution in [0.5, 0.6) is 0 Å². The molecule has 10 nitrogen and oxygen atoms in total. The van der Waals surface area contributed by atoms with Gasteiger partial charge in [-0.05, 0) is 12.8 Å². The highest BCUT2D eigenvalue weighted by atomic mass is 35.5. The van der Waals surface area contributed by atoms with Crippen LogP contribution in [-0.4, -0.2) is 70.6 Å². The second-order valence-electron chi connectivity index (χ2n) is 8.05. The van der Waals surface area contributed by atoms with Gasteiger partial charge in [0.2, 0.25) is 5.95 Å². The zero-order chi connectivity index (χ0) is 20.9. The lowest BCUT2D eigenvalue weighted by atomic mass is 10.0. The lowest BCUT2D eigenvalue weighted by molar-refractivity contribution is 0.0656. The highest BCUT2D eigenvalue weighted by molar-refractivity contribution is 7.92. The first-order chi connectivity index (χ1) is 14.4. The number of aromatic nitrogens is 4. The van der Waals surface area contributed by atoms with Gasteiger partial charge in [-0.1, -0.05) is 11.6 Å². The summed E-state index contributed by atoms with van der Waals surface area (Å²) in [5.74, 6) is 0.825. The molecule has 162 valence electrons. The van der Waals surface area contributed by atoms with E-state index in [1.807, 2.05) is 13.2 Å². The topological polar surface area (TPSA) is 120 Å². The number of fused-ring (bicyclic) bond motifs is 1. The summed E-state index contributed by atoms with van der Waals surface area (Å²) in [4.78, 5) is 8.65. The smallest absolute Gasteiger partial charge is 0.229 e. The Bertz CT molecular complexity index is 1040. The van der Waals surface area contributed by atoms with E-state index < -0.39 is 9.84 Å². The number of ether oxygens (including phenoxy) is 2. The Morgan fingerprint density at radius 3 is 2.77 bits per heavy atom.